The van der Waals surface area contributed by atoms with Gasteiger partial charge < -0.3 is 10.5 Å². The Balaban J connectivity index is 2.13. The number of anilines is 1. The summed E-state index contributed by atoms with van der Waals surface area (Å²) in [5.41, 5.74) is 5.90. The lowest BCUT2D eigenvalue weighted by atomic mass is 10.2. The predicted octanol–water partition coefficient (Wildman–Crippen LogP) is 3.56. The normalized spacial score (nSPS) is 10.3. The van der Waals surface area contributed by atoms with Gasteiger partial charge in [0.05, 0.1) is 10.6 Å². The van der Waals surface area contributed by atoms with Crippen molar-refractivity contribution in [3.8, 4) is 0 Å². The first-order valence-electron chi connectivity index (χ1n) is 5.64. The van der Waals surface area contributed by atoms with Crippen LogP contribution in [-0.4, -0.2) is 5.97 Å². The number of halogens is 3. The van der Waals surface area contributed by atoms with Gasteiger partial charge in [0.25, 0.3) is 0 Å². The highest BCUT2D eigenvalue weighted by Crippen LogP contribution is 2.20. The summed E-state index contributed by atoms with van der Waals surface area (Å²) in [4.78, 5) is 11.8. The number of ether oxygens (including phenoxy) is 1. The molecule has 0 bridgehead atoms. The molecule has 0 aliphatic heterocycles. The minimum absolute atomic E-state index is 0.0571. The van der Waals surface area contributed by atoms with E-state index in [0.717, 1.165) is 6.07 Å². The third kappa shape index (κ3) is 3.05. The third-order valence-corrected chi connectivity index (χ3v) is 2.93. The molecule has 2 aromatic carbocycles. The molecule has 104 valence electrons. The van der Waals surface area contributed by atoms with Crippen molar-refractivity contribution in [2.24, 2.45) is 0 Å². The van der Waals surface area contributed by atoms with Gasteiger partial charge in [-0.2, -0.15) is 0 Å². The van der Waals surface area contributed by atoms with Crippen molar-refractivity contribution in [1.29, 1.82) is 0 Å². The van der Waals surface area contributed by atoms with E-state index in [0.29, 0.717) is 5.69 Å². The summed E-state index contributed by atoms with van der Waals surface area (Å²) in [6, 6.07) is 7.98. The van der Waals surface area contributed by atoms with E-state index in [-0.39, 0.29) is 16.1 Å². The first-order chi connectivity index (χ1) is 9.49. The molecule has 0 aliphatic carbocycles. The number of hydrogen-bond acceptors (Lipinski definition) is 3. The second kappa shape index (κ2) is 5.88. The molecular formula is C14H10ClF2NO2. The van der Waals surface area contributed by atoms with Crippen LogP contribution in [0.1, 0.15) is 15.9 Å². The van der Waals surface area contributed by atoms with Crippen LogP contribution >= 0.6 is 11.6 Å². The summed E-state index contributed by atoms with van der Waals surface area (Å²) in [6.45, 7) is -0.395. The van der Waals surface area contributed by atoms with Gasteiger partial charge in [-0.25, -0.2) is 13.6 Å². The highest BCUT2D eigenvalue weighted by Gasteiger charge is 2.14. The molecular weight excluding hydrogens is 288 g/mol. The van der Waals surface area contributed by atoms with E-state index in [1.807, 2.05) is 0 Å². The average molecular weight is 298 g/mol. The molecule has 20 heavy (non-hydrogen) atoms. The molecule has 0 radical (unpaired) electrons. The number of esters is 1. The van der Waals surface area contributed by atoms with Crippen molar-refractivity contribution in [3.05, 3.63) is 64.2 Å². The van der Waals surface area contributed by atoms with Crippen LogP contribution in [0, 0.1) is 11.6 Å². The molecule has 0 amide bonds. The van der Waals surface area contributed by atoms with E-state index >= 15 is 0 Å². The largest absolute Gasteiger partial charge is 0.457 e. The van der Waals surface area contributed by atoms with Crippen LogP contribution in [0.4, 0.5) is 14.5 Å². The lowest BCUT2D eigenvalue weighted by Crippen LogP contribution is -2.08. The Morgan fingerprint density at radius 3 is 2.75 bits per heavy atom. The van der Waals surface area contributed by atoms with Crippen molar-refractivity contribution in [1.82, 2.24) is 0 Å². The molecule has 0 fully saturated rings. The molecule has 0 aromatic heterocycles. The standard InChI is InChI=1S/C14H10ClF2NO2/c15-11-5-4-9(18)6-10(11)14(19)20-7-8-2-1-3-12(16)13(8)17/h1-6H,7,18H2. The van der Waals surface area contributed by atoms with Gasteiger partial charge in [-0.05, 0) is 24.3 Å². The first kappa shape index (κ1) is 14.3. The highest BCUT2D eigenvalue weighted by molar-refractivity contribution is 6.33. The smallest absolute Gasteiger partial charge is 0.340 e. The predicted molar refractivity (Wildman–Crippen MR) is 71.3 cm³/mol. The number of carbonyl (C=O) groups is 1. The molecule has 2 rings (SSSR count). The number of nitrogens with two attached hydrogens (primary N) is 1. The van der Waals surface area contributed by atoms with E-state index in [1.54, 1.807) is 0 Å². The Morgan fingerprint density at radius 2 is 2.00 bits per heavy atom. The van der Waals surface area contributed by atoms with E-state index < -0.39 is 24.2 Å². The number of rotatable bonds is 3. The Hall–Kier alpha value is -2.14. The van der Waals surface area contributed by atoms with Crippen molar-refractivity contribution in [2.75, 3.05) is 5.73 Å². The number of hydrogen-bond donors (Lipinski definition) is 1. The van der Waals surface area contributed by atoms with Gasteiger partial charge in [-0.15, -0.1) is 0 Å². The fourth-order valence-corrected chi connectivity index (χ4v) is 1.78. The third-order valence-electron chi connectivity index (χ3n) is 2.60. The van der Waals surface area contributed by atoms with Crippen LogP contribution in [0.15, 0.2) is 36.4 Å². The van der Waals surface area contributed by atoms with E-state index in [2.05, 4.69) is 0 Å². The zero-order valence-corrected chi connectivity index (χ0v) is 11.0. The second-order valence-electron chi connectivity index (χ2n) is 4.03. The van der Waals surface area contributed by atoms with Gasteiger partial charge in [0.2, 0.25) is 0 Å². The number of carbonyl (C=O) groups excluding carboxylic acids is 1. The van der Waals surface area contributed by atoms with Crippen molar-refractivity contribution in [2.45, 2.75) is 6.61 Å². The second-order valence-corrected chi connectivity index (χ2v) is 4.44. The fraction of sp³-hybridized carbons (Fsp3) is 0.0714. The van der Waals surface area contributed by atoms with Crippen LogP contribution in [0.5, 0.6) is 0 Å². The zero-order valence-electron chi connectivity index (χ0n) is 10.2. The van der Waals surface area contributed by atoms with Gasteiger partial charge in [-0.3, -0.25) is 0 Å². The van der Waals surface area contributed by atoms with Crippen LogP contribution < -0.4 is 5.73 Å². The van der Waals surface area contributed by atoms with Crippen LogP contribution in [0.25, 0.3) is 0 Å². The maximum Gasteiger partial charge on any atom is 0.340 e. The lowest BCUT2D eigenvalue weighted by Gasteiger charge is -2.08. The van der Waals surface area contributed by atoms with Crippen LogP contribution in [-0.2, 0) is 11.3 Å². The lowest BCUT2D eigenvalue weighted by molar-refractivity contribution is 0.0468. The Morgan fingerprint density at radius 1 is 1.25 bits per heavy atom. The molecule has 6 heteroatoms. The molecule has 0 spiro atoms. The van der Waals surface area contributed by atoms with Gasteiger partial charge in [-0.1, -0.05) is 23.7 Å². The van der Waals surface area contributed by atoms with E-state index in [4.69, 9.17) is 22.1 Å². The molecule has 0 atom stereocenters. The maximum absolute atomic E-state index is 13.4. The van der Waals surface area contributed by atoms with Gasteiger partial charge >= 0.3 is 5.97 Å². The molecule has 0 saturated carbocycles. The van der Waals surface area contributed by atoms with Gasteiger partial charge in [0.1, 0.15) is 6.61 Å². The Labute approximate surface area is 118 Å². The summed E-state index contributed by atoms with van der Waals surface area (Å²) in [5.74, 6) is -2.80. The summed E-state index contributed by atoms with van der Waals surface area (Å²) in [6.07, 6.45) is 0. The van der Waals surface area contributed by atoms with Crippen LogP contribution in [0.2, 0.25) is 5.02 Å². The topological polar surface area (TPSA) is 52.3 Å². The summed E-state index contributed by atoms with van der Waals surface area (Å²) in [5, 5.41) is 0.170. The summed E-state index contributed by atoms with van der Waals surface area (Å²) in [7, 11) is 0. The monoisotopic (exact) mass is 297 g/mol. The van der Waals surface area contributed by atoms with Crippen molar-refractivity contribution in [3.63, 3.8) is 0 Å². The highest BCUT2D eigenvalue weighted by atomic mass is 35.5. The molecule has 3 nitrogen and oxygen atoms in total. The zero-order chi connectivity index (χ0) is 14.7. The quantitative estimate of drug-likeness (QED) is 0.696. The molecule has 0 saturated heterocycles. The molecule has 0 heterocycles. The number of nitrogen functional groups attached to an aromatic ring is 1. The molecule has 0 aliphatic rings. The Bertz CT molecular complexity index is 662. The fourth-order valence-electron chi connectivity index (χ4n) is 1.58. The first-order valence-corrected chi connectivity index (χ1v) is 6.02. The maximum atomic E-state index is 13.4. The van der Waals surface area contributed by atoms with Gasteiger partial charge in [0.15, 0.2) is 11.6 Å². The van der Waals surface area contributed by atoms with Crippen LogP contribution in [0.3, 0.4) is 0 Å². The average Bonchev–Trinajstić information content (AvgIpc) is 2.43. The Kier molecular flexibility index (Phi) is 4.20. The molecule has 2 N–H and O–H groups in total. The SMILES string of the molecule is Nc1ccc(Cl)c(C(=O)OCc2cccc(F)c2F)c1. The van der Waals surface area contributed by atoms with Gasteiger partial charge in [0, 0.05) is 11.3 Å². The van der Waals surface area contributed by atoms with E-state index in [9.17, 15) is 13.6 Å². The van der Waals surface area contributed by atoms with Crippen molar-refractivity contribution >= 4 is 23.3 Å². The van der Waals surface area contributed by atoms with Crippen molar-refractivity contribution < 1.29 is 18.3 Å². The summed E-state index contributed by atoms with van der Waals surface area (Å²) >= 11 is 5.84. The minimum Gasteiger partial charge on any atom is -0.457 e. The number of benzene rings is 2. The van der Waals surface area contributed by atoms with E-state index in [1.165, 1.54) is 30.3 Å². The molecule has 2 aromatic rings. The molecule has 0 unspecified atom stereocenters. The minimum atomic E-state index is -1.04. The summed E-state index contributed by atoms with van der Waals surface area (Å²) < 4.78 is 31.3.